The van der Waals surface area contributed by atoms with Crippen LogP contribution in [-0.4, -0.2) is 11.8 Å². The number of thiophene rings is 1. The smallest absolute Gasteiger partial charge is 0.256 e. The van der Waals surface area contributed by atoms with E-state index in [1.807, 2.05) is 19.9 Å². The number of nitrogens with two attached hydrogens (primary N) is 1. The zero-order valence-corrected chi connectivity index (χ0v) is 11.5. The van der Waals surface area contributed by atoms with Crippen LogP contribution in [-0.2, 0) is 0 Å². The largest absolute Gasteiger partial charge is 0.366 e. The molecule has 2 rings (SSSR count). The van der Waals surface area contributed by atoms with Gasteiger partial charge in [0.1, 0.15) is 5.00 Å². The topological polar surface area (TPSA) is 72.2 Å². The molecule has 0 aliphatic heterocycles. The first kappa shape index (κ1) is 13.3. The summed E-state index contributed by atoms with van der Waals surface area (Å²) in [5, 5.41) is 4.92. The number of carbonyl (C=O) groups is 2. The summed E-state index contributed by atoms with van der Waals surface area (Å²) in [7, 11) is 0. The fourth-order valence-corrected chi connectivity index (χ4v) is 2.67. The first-order valence-corrected chi connectivity index (χ1v) is 6.62. The minimum absolute atomic E-state index is 0.239. The minimum Gasteiger partial charge on any atom is -0.366 e. The van der Waals surface area contributed by atoms with Crippen molar-refractivity contribution in [2.75, 3.05) is 5.32 Å². The number of aryl methyl sites for hydroxylation is 2. The van der Waals surface area contributed by atoms with Crippen molar-refractivity contribution in [1.29, 1.82) is 0 Å². The molecule has 0 radical (unpaired) electrons. The predicted octanol–water partition coefficient (Wildman–Crippen LogP) is 2.72. The zero-order chi connectivity index (χ0) is 14.0. The van der Waals surface area contributed by atoms with Gasteiger partial charge in [-0.1, -0.05) is 17.2 Å². The number of nitrogens with one attached hydrogen (secondary N) is 1. The van der Waals surface area contributed by atoms with Crippen molar-refractivity contribution < 1.29 is 9.59 Å². The second-order valence-corrected chi connectivity index (χ2v) is 5.27. The molecular formula is C14H14N2O2S. The van der Waals surface area contributed by atoms with Gasteiger partial charge >= 0.3 is 0 Å². The number of amides is 2. The molecule has 1 aromatic heterocycles. The van der Waals surface area contributed by atoms with E-state index in [4.69, 9.17) is 5.73 Å². The van der Waals surface area contributed by atoms with Gasteiger partial charge < -0.3 is 11.1 Å². The summed E-state index contributed by atoms with van der Waals surface area (Å²) >= 11 is 1.28. The summed E-state index contributed by atoms with van der Waals surface area (Å²) < 4.78 is 0. The Morgan fingerprint density at radius 3 is 2.37 bits per heavy atom. The lowest BCUT2D eigenvalue weighted by molar-refractivity contribution is 0.100. The second kappa shape index (κ2) is 5.24. The van der Waals surface area contributed by atoms with Crippen molar-refractivity contribution in [3.63, 3.8) is 0 Å². The van der Waals surface area contributed by atoms with Crippen molar-refractivity contribution in [3.8, 4) is 0 Å². The number of hydrogen-bond acceptors (Lipinski definition) is 3. The zero-order valence-electron chi connectivity index (χ0n) is 10.7. The van der Waals surface area contributed by atoms with Gasteiger partial charge in [0.15, 0.2) is 0 Å². The molecule has 2 amide bonds. The average Bonchev–Trinajstić information content (AvgIpc) is 2.75. The first-order chi connectivity index (χ1) is 8.97. The number of rotatable bonds is 3. The molecule has 19 heavy (non-hydrogen) atoms. The third-order valence-electron chi connectivity index (χ3n) is 2.64. The monoisotopic (exact) mass is 274 g/mol. The van der Waals surface area contributed by atoms with Gasteiger partial charge in [-0.05, 0) is 37.4 Å². The highest BCUT2D eigenvalue weighted by Crippen LogP contribution is 2.23. The third-order valence-corrected chi connectivity index (χ3v) is 3.47. The molecule has 0 saturated carbocycles. The molecule has 0 aliphatic carbocycles. The van der Waals surface area contributed by atoms with Crippen LogP contribution in [0.15, 0.2) is 29.6 Å². The van der Waals surface area contributed by atoms with E-state index < -0.39 is 5.91 Å². The molecule has 98 valence electrons. The van der Waals surface area contributed by atoms with E-state index in [0.717, 1.165) is 11.1 Å². The quantitative estimate of drug-likeness (QED) is 0.903. The summed E-state index contributed by atoms with van der Waals surface area (Å²) in [6, 6.07) is 7.21. The number of benzene rings is 1. The number of hydrogen-bond donors (Lipinski definition) is 2. The lowest BCUT2D eigenvalue weighted by Crippen LogP contribution is -2.16. The molecule has 0 saturated heterocycles. The summed E-state index contributed by atoms with van der Waals surface area (Å²) in [6.45, 7) is 3.87. The molecular weight excluding hydrogens is 260 g/mol. The Labute approximate surface area is 115 Å². The summed E-state index contributed by atoms with van der Waals surface area (Å²) in [5.74, 6) is -0.784. The van der Waals surface area contributed by atoms with Crippen LogP contribution in [0.1, 0.15) is 31.8 Å². The molecule has 0 spiro atoms. The van der Waals surface area contributed by atoms with E-state index in [2.05, 4.69) is 5.32 Å². The molecule has 0 atom stereocenters. The molecule has 0 aliphatic rings. The van der Waals surface area contributed by atoms with Gasteiger partial charge in [-0.3, -0.25) is 9.59 Å². The maximum atomic E-state index is 12.1. The molecule has 0 unspecified atom stereocenters. The SMILES string of the molecule is Cc1cc(C)cc(C(=O)Nc2sccc2C(N)=O)c1. The van der Waals surface area contributed by atoms with Gasteiger partial charge in [0.05, 0.1) is 5.56 Å². The fourth-order valence-electron chi connectivity index (χ4n) is 1.88. The number of anilines is 1. The third kappa shape index (κ3) is 3.00. The average molecular weight is 274 g/mol. The highest BCUT2D eigenvalue weighted by atomic mass is 32.1. The Hall–Kier alpha value is -2.14. The normalized spacial score (nSPS) is 10.2. The van der Waals surface area contributed by atoms with Gasteiger partial charge in [-0.25, -0.2) is 0 Å². The lowest BCUT2D eigenvalue weighted by Gasteiger charge is -2.06. The van der Waals surface area contributed by atoms with E-state index >= 15 is 0 Å². The highest BCUT2D eigenvalue weighted by Gasteiger charge is 2.14. The van der Waals surface area contributed by atoms with E-state index in [-0.39, 0.29) is 5.91 Å². The number of primary amides is 1. The van der Waals surface area contributed by atoms with Crippen molar-refractivity contribution >= 4 is 28.2 Å². The van der Waals surface area contributed by atoms with Gasteiger partial charge in [-0.2, -0.15) is 0 Å². The molecule has 1 heterocycles. The van der Waals surface area contributed by atoms with Gasteiger partial charge in [0.25, 0.3) is 11.8 Å². The molecule has 0 fully saturated rings. The van der Waals surface area contributed by atoms with Crippen LogP contribution in [0, 0.1) is 13.8 Å². The van der Waals surface area contributed by atoms with Crippen LogP contribution >= 0.6 is 11.3 Å². The van der Waals surface area contributed by atoms with E-state index in [9.17, 15) is 9.59 Å². The molecule has 2 aromatic rings. The van der Waals surface area contributed by atoms with Crippen LogP contribution in [0.25, 0.3) is 0 Å². The maximum absolute atomic E-state index is 12.1. The van der Waals surface area contributed by atoms with E-state index in [1.165, 1.54) is 11.3 Å². The Balaban J connectivity index is 2.25. The fraction of sp³-hybridized carbons (Fsp3) is 0.143. The number of carbonyl (C=O) groups excluding carboxylic acids is 2. The first-order valence-electron chi connectivity index (χ1n) is 5.74. The molecule has 1 aromatic carbocycles. The lowest BCUT2D eigenvalue weighted by atomic mass is 10.1. The highest BCUT2D eigenvalue weighted by molar-refractivity contribution is 7.14. The van der Waals surface area contributed by atoms with Crippen LogP contribution in [0.3, 0.4) is 0 Å². The minimum atomic E-state index is -0.544. The molecule has 0 bridgehead atoms. The Morgan fingerprint density at radius 1 is 1.16 bits per heavy atom. The van der Waals surface area contributed by atoms with Gasteiger partial charge in [0, 0.05) is 5.56 Å². The van der Waals surface area contributed by atoms with Gasteiger partial charge in [0.2, 0.25) is 0 Å². The summed E-state index contributed by atoms with van der Waals surface area (Å²) in [6.07, 6.45) is 0. The van der Waals surface area contributed by atoms with Crippen LogP contribution in [0.5, 0.6) is 0 Å². The predicted molar refractivity (Wildman–Crippen MR) is 76.7 cm³/mol. The Kier molecular flexibility index (Phi) is 3.66. The molecule has 4 nitrogen and oxygen atoms in total. The summed E-state index contributed by atoms with van der Waals surface area (Å²) in [4.78, 5) is 23.3. The van der Waals surface area contributed by atoms with Crippen LogP contribution in [0.2, 0.25) is 0 Å². The van der Waals surface area contributed by atoms with E-state index in [0.29, 0.717) is 16.1 Å². The van der Waals surface area contributed by atoms with Crippen molar-refractivity contribution in [2.24, 2.45) is 5.73 Å². The van der Waals surface area contributed by atoms with E-state index in [1.54, 1.807) is 23.6 Å². The Morgan fingerprint density at radius 2 is 1.79 bits per heavy atom. The molecule has 3 N–H and O–H groups in total. The Bertz CT molecular complexity index is 626. The maximum Gasteiger partial charge on any atom is 0.256 e. The standard InChI is InChI=1S/C14H14N2O2S/c1-8-5-9(2)7-10(6-8)13(18)16-14-11(12(15)17)3-4-19-14/h3-7H,1-2H3,(H2,15,17)(H,16,18). The second-order valence-electron chi connectivity index (χ2n) is 4.36. The van der Waals surface area contributed by atoms with Crippen molar-refractivity contribution in [3.05, 3.63) is 51.9 Å². The van der Waals surface area contributed by atoms with Crippen LogP contribution < -0.4 is 11.1 Å². The van der Waals surface area contributed by atoms with Crippen molar-refractivity contribution in [2.45, 2.75) is 13.8 Å². The molecule has 5 heteroatoms. The van der Waals surface area contributed by atoms with Gasteiger partial charge in [-0.15, -0.1) is 11.3 Å². The van der Waals surface area contributed by atoms with Crippen molar-refractivity contribution in [1.82, 2.24) is 0 Å². The van der Waals surface area contributed by atoms with Crippen LogP contribution in [0.4, 0.5) is 5.00 Å². The summed E-state index contributed by atoms with van der Waals surface area (Å²) in [5.41, 5.74) is 8.18.